The van der Waals surface area contributed by atoms with E-state index >= 15 is 0 Å². The lowest BCUT2D eigenvalue weighted by Crippen LogP contribution is -2.51. The predicted molar refractivity (Wildman–Crippen MR) is 96.4 cm³/mol. The van der Waals surface area contributed by atoms with Gasteiger partial charge in [-0.2, -0.15) is 0 Å². The Labute approximate surface area is 153 Å². The Morgan fingerprint density at radius 3 is 2.60 bits per heavy atom. The molecule has 0 bridgehead atoms. The van der Waals surface area contributed by atoms with Crippen molar-refractivity contribution in [3.63, 3.8) is 0 Å². The molecule has 1 aromatic carbocycles. The quantitative estimate of drug-likeness (QED) is 0.727. The summed E-state index contributed by atoms with van der Waals surface area (Å²) in [4.78, 5) is 28.3. The molecule has 0 aromatic heterocycles. The fourth-order valence-electron chi connectivity index (χ4n) is 3.38. The predicted octanol–water partition coefficient (Wildman–Crippen LogP) is 3.41. The molecule has 136 valence electrons. The van der Waals surface area contributed by atoms with Gasteiger partial charge in [-0.3, -0.25) is 4.79 Å². The molecule has 0 N–H and O–H groups in total. The molecule has 1 heterocycles. The molecule has 1 saturated carbocycles. The summed E-state index contributed by atoms with van der Waals surface area (Å²) in [5.74, 6) is -0.0435. The van der Waals surface area contributed by atoms with Crippen LogP contribution in [0.4, 0.5) is 4.79 Å². The van der Waals surface area contributed by atoms with Gasteiger partial charge in [-0.05, 0) is 37.7 Å². The third kappa shape index (κ3) is 4.88. The number of likely N-dealkylation sites (tertiary alicyclic amines) is 1. The minimum atomic E-state index is -0.282. The SMILES string of the molecule is O=C(OCc1ccccc1)N(C[C@H]1CCCCN1C(=O)CCl)C1CC1. The Bertz CT molecular complexity index is 592. The van der Waals surface area contributed by atoms with Gasteiger partial charge in [0.25, 0.3) is 0 Å². The highest BCUT2D eigenvalue weighted by Crippen LogP contribution is 2.30. The normalized spacial score (nSPS) is 20.2. The minimum absolute atomic E-state index is 0.00160. The average Bonchev–Trinajstić information content (AvgIpc) is 3.49. The molecule has 2 fully saturated rings. The minimum Gasteiger partial charge on any atom is -0.445 e. The number of piperidine rings is 1. The number of rotatable bonds is 6. The molecule has 1 saturated heterocycles. The third-order valence-corrected chi connectivity index (χ3v) is 5.13. The summed E-state index contributed by atoms with van der Waals surface area (Å²) in [6.45, 7) is 1.55. The summed E-state index contributed by atoms with van der Waals surface area (Å²) in [6, 6.07) is 9.97. The van der Waals surface area contributed by atoms with Crippen molar-refractivity contribution in [2.24, 2.45) is 0 Å². The molecule has 2 amide bonds. The molecular weight excluding hydrogens is 340 g/mol. The summed E-state index contributed by atoms with van der Waals surface area (Å²) >= 11 is 5.75. The summed E-state index contributed by atoms with van der Waals surface area (Å²) in [5.41, 5.74) is 0.975. The van der Waals surface area contributed by atoms with Crippen LogP contribution in [0.5, 0.6) is 0 Å². The van der Waals surface area contributed by atoms with E-state index in [2.05, 4.69) is 0 Å². The molecule has 6 heteroatoms. The summed E-state index contributed by atoms with van der Waals surface area (Å²) in [6.07, 6.45) is 4.73. The van der Waals surface area contributed by atoms with Crippen LogP contribution in [-0.2, 0) is 16.1 Å². The number of amides is 2. The molecule has 0 radical (unpaired) electrons. The van der Waals surface area contributed by atoms with Crippen LogP contribution in [0.2, 0.25) is 0 Å². The van der Waals surface area contributed by atoms with Gasteiger partial charge in [-0.25, -0.2) is 4.79 Å². The number of hydrogen-bond acceptors (Lipinski definition) is 3. The van der Waals surface area contributed by atoms with E-state index < -0.39 is 0 Å². The van der Waals surface area contributed by atoms with Gasteiger partial charge >= 0.3 is 6.09 Å². The molecule has 0 spiro atoms. The number of ether oxygens (including phenoxy) is 1. The van der Waals surface area contributed by atoms with Gasteiger partial charge in [0.1, 0.15) is 12.5 Å². The lowest BCUT2D eigenvalue weighted by atomic mass is 10.0. The molecule has 5 nitrogen and oxygen atoms in total. The van der Waals surface area contributed by atoms with Crippen molar-refractivity contribution in [3.05, 3.63) is 35.9 Å². The van der Waals surface area contributed by atoms with E-state index in [4.69, 9.17) is 16.3 Å². The van der Waals surface area contributed by atoms with Crippen LogP contribution < -0.4 is 0 Å². The van der Waals surface area contributed by atoms with Crippen LogP contribution in [-0.4, -0.2) is 52.9 Å². The number of carbonyl (C=O) groups is 2. The fourth-order valence-corrected chi connectivity index (χ4v) is 3.54. The summed E-state index contributed by atoms with van der Waals surface area (Å²) in [5, 5.41) is 0. The molecule has 1 atom stereocenters. The first-order valence-corrected chi connectivity index (χ1v) is 9.55. The maximum atomic E-state index is 12.6. The second kappa shape index (κ2) is 8.56. The van der Waals surface area contributed by atoms with E-state index in [1.165, 1.54) is 0 Å². The fraction of sp³-hybridized carbons (Fsp3) is 0.579. The highest BCUT2D eigenvalue weighted by molar-refractivity contribution is 6.27. The van der Waals surface area contributed by atoms with Crippen LogP contribution >= 0.6 is 11.6 Å². The molecule has 1 aliphatic heterocycles. The number of nitrogens with zero attached hydrogens (tertiary/aromatic N) is 2. The van der Waals surface area contributed by atoms with Gasteiger partial charge in [0.2, 0.25) is 5.91 Å². The topological polar surface area (TPSA) is 49.9 Å². The second-order valence-corrected chi connectivity index (χ2v) is 7.06. The first-order chi connectivity index (χ1) is 12.2. The van der Waals surface area contributed by atoms with Crippen molar-refractivity contribution < 1.29 is 14.3 Å². The Morgan fingerprint density at radius 1 is 1.16 bits per heavy atom. The first kappa shape index (κ1) is 18.1. The van der Waals surface area contributed by atoms with Gasteiger partial charge in [0, 0.05) is 25.2 Å². The van der Waals surface area contributed by atoms with Gasteiger partial charge < -0.3 is 14.5 Å². The van der Waals surface area contributed by atoms with Gasteiger partial charge in [0.15, 0.2) is 0 Å². The average molecular weight is 365 g/mol. The molecular formula is C19H25ClN2O3. The smallest absolute Gasteiger partial charge is 0.410 e. The Kier molecular flexibility index (Phi) is 6.19. The van der Waals surface area contributed by atoms with Crippen molar-refractivity contribution in [3.8, 4) is 0 Å². The zero-order valence-corrected chi connectivity index (χ0v) is 15.2. The van der Waals surface area contributed by atoms with E-state index in [1.807, 2.05) is 40.1 Å². The van der Waals surface area contributed by atoms with Crippen molar-refractivity contribution in [1.82, 2.24) is 9.80 Å². The second-order valence-electron chi connectivity index (χ2n) is 6.79. The van der Waals surface area contributed by atoms with Crippen molar-refractivity contribution in [1.29, 1.82) is 0 Å². The highest BCUT2D eigenvalue weighted by Gasteiger charge is 2.37. The summed E-state index contributed by atoms with van der Waals surface area (Å²) < 4.78 is 5.51. The van der Waals surface area contributed by atoms with E-state index in [-0.39, 0.29) is 36.6 Å². The number of benzene rings is 1. The largest absolute Gasteiger partial charge is 0.445 e. The van der Waals surface area contributed by atoms with Crippen LogP contribution in [0.15, 0.2) is 30.3 Å². The molecule has 3 rings (SSSR count). The Balaban J connectivity index is 1.60. The van der Waals surface area contributed by atoms with Crippen LogP contribution in [0.1, 0.15) is 37.7 Å². The highest BCUT2D eigenvalue weighted by atomic mass is 35.5. The number of carbonyl (C=O) groups excluding carboxylic acids is 2. The Hall–Kier alpha value is -1.75. The zero-order valence-electron chi connectivity index (χ0n) is 14.4. The monoisotopic (exact) mass is 364 g/mol. The van der Waals surface area contributed by atoms with E-state index in [1.54, 1.807) is 0 Å². The van der Waals surface area contributed by atoms with E-state index in [0.29, 0.717) is 6.54 Å². The lowest BCUT2D eigenvalue weighted by molar-refractivity contribution is -0.132. The number of alkyl halides is 1. The maximum Gasteiger partial charge on any atom is 0.410 e. The molecule has 2 aliphatic rings. The number of hydrogen-bond donors (Lipinski definition) is 0. The van der Waals surface area contributed by atoms with Crippen molar-refractivity contribution >= 4 is 23.6 Å². The van der Waals surface area contributed by atoms with E-state index in [0.717, 1.165) is 44.2 Å². The standard InChI is InChI=1S/C19H25ClN2O3/c20-12-18(23)21-11-5-4-8-17(21)13-22(16-9-10-16)19(24)25-14-15-6-2-1-3-7-15/h1-3,6-7,16-17H,4-5,8-14H2/t17-/m1/s1. The third-order valence-electron chi connectivity index (χ3n) is 4.90. The lowest BCUT2D eigenvalue weighted by Gasteiger charge is -2.38. The van der Waals surface area contributed by atoms with Crippen molar-refractivity contribution in [2.45, 2.75) is 50.8 Å². The van der Waals surface area contributed by atoms with Gasteiger partial charge in [-0.1, -0.05) is 30.3 Å². The van der Waals surface area contributed by atoms with Crippen LogP contribution in [0.3, 0.4) is 0 Å². The Morgan fingerprint density at radius 2 is 1.92 bits per heavy atom. The summed E-state index contributed by atoms with van der Waals surface area (Å²) in [7, 11) is 0. The molecule has 0 unspecified atom stereocenters. The van der Waals surface area contributed by atoms with Gasteiger partial charge in [0.05, 0.1) is 0 Å². The maximum absolute atomic E-state index is 12.6. The molecule has 1 aromatic rings. The zero-order chi connectivity index (χ0) is 17.6. The number of halogens is 1. The first-order valence-electron chi connectivity index (χ1n) is 9.02. The molecule has 1 aliphatic carbocycles. The van der Waals surface area contributed by atoms with E-state index in [9.17, 15) is 9.59 Å². The van der Waals surface area contributed by atoms with Crippen molar-refractivity contribution in [2.75, 3.05) is 19.0 Å². The molecule has 25 heavy (non-hydrogen) atoms. The van der Waals surface area contributed by atoms with Crippen LogP contribution in [0.25, 0.3) is 0 Å². The van der Waals surface area contributed by atoms with Crippen LogP contribution in [0, 0.1) is 0 Å². The van der Waals surface area contributed by atoms with Gasteiger partial charge in [-0.15, -0.1) is 11.6 Å².